The van der Waals surface area contributed by atoms with Crippen LogP contribution in [0.1, 0.15) is 12.0 Å². The molecule has 3 N–H and O–H groups in total. The van der Waals surface area contributed by atoms with E-state index in [-0.39, 0.29) is 17.4 Å². The van der Waals surface area contributed by atoms with Gasteiger partial charge in [-0.25, -0.2) is 9.82 Å². The van der Waals surface area contributed by atoms with E-state index in [2.05, 4.69) is 21.2 Å². The van der Waals surface area contributed by atoms with Crippen molar-refractivity contribution in [3.05, 3.63) is 66.0 Å². The summed E-state index contributed by atoms with van der Waals surface area (Å²) in [5.74, 6) is -1.72. The first-order valence-corrected chi connectivity index (χ1v) is 9.31. The number of anilines is 1. The number of amides is 3. The van der Waals surface area contributed by atoms with Gasteiger partial charge in [-0.2, -0.15) is 5.10 Å². The first-order valence-electron chi connectivity index (χ1n) is 8.43. The molecule has 0 saturated carbocycles. The van der Waals surface area contributed by atoms with Gasteiger partial charge in [-0.1, -0.05) is 42.1 Å². The minimum atomic E-state index is -0.776. The Morgan fingerprint density at radius 3 is 2.54 bits per heavy atom. The Balaban J connectivity index is 1.54. The van der Waals surface area contributed by atoms with Gasteiger partial charge in [0.05, 0.1) is 0 Å². The molecule has 0 radical (unpaired) electrons. The SMILES string of the molecule is O=C(CC1SC(C(=O)Nc2ccc(F)cc2)=NNC1=O)NCc1ccccc1. The summed E-state index contributed by atoms with van der Waals surface area (Å²) in [5, 5.41) is 8.29. The van der Waals surface area contributed by atoms with Crippen LogP contribution in [0.2, 0.25) is 0 Å². The zero-order valence-corrected chi connectivity index (χ0v) is 15.5. The van der Waals surface area contributed by atoms with Gasteiger partial charge in [-0.3, -0.25) is 14.4 Å². The first kappa shape index (κ1) is 19.6. The van der Waals surface area contributed by atoms with E-state index in [4.69, 9.17) is 0 Å². The number of hydrogen-bond acceptors (Lipinski definition) is 5. The quantitative estimate of drug-likeness (QED) is 0.691. The Morgan fingerprint density at radius 2 is 1.82 bits per heavy atom. The topological polar surface area (TPSA) is 99.7 Å². The van der Waals surface area contributed by atoms with Crippen molar-refractivity contribution in [2.24, 2.45) is 5.10 Å². The maximum absolute atomic E-state index is 12.9. The van der Waals surface area contributed by atoms with E-state index >= 15 is 0 Å². The van der Waals surface area contributed by atoms with E-state index in [0.717, 1.165) is 17.3 Å². The van der Waals surface area contributed by atoms with Gasteiger partial charge in [0.25, 0.3) is 11.8 Å². The molecular formula is C19H17FN4O3S. The Hall–Kier alpha value is -3.20. The van der Waals surface area contributed by atoms with Gasteiger partial charge in [0.1, 0.15) is 11.1 Å². The molecule has 7 nitrogen and oxygen atoms in total. The zero-order chi connectivity index (χ0) is 19.9. The predicted octanol–water partition coefficient (Wildman–Crippen LogP) is 2.02. The summed E-state index contributed by atoms with van der Waals surface area (Å²) in [5.41, 5.74) is 3.60. The number of halogens is 1. The van der Waals surface area contributed by atoms with Crippen LogP contribution in [0.15, 0.2) is 59.7 Å². The molecule has 0 bridgehead atoms. The molecule has 144 valence electrons. The summed E-state index contributed by atoms with van der Waals surface area (Å²) in [7, 11) is 0. The molecule has 3 amide bonds. The van der Waals surface area contributed by atoms with Crippen LogP contribution in [0.25, 0.3) is 0 Å². The van der Waals surface area contributed by atoms with Crippen molar-refractivity contribution in [3.63, 3.8) is 0 Å². The minimum absolute atomic E-state index is 0.0183. The number of thioether (sulfide) groups is 1. The highest BCUT2D eigenvalue weighted by molar-refractivity contribution is 8.16. The maximum Gasteiger partial charge on any atom is 0.282 e. The average molecular weight is 400 g/mol. The second kappa shape index (κ2) is 9.14. The number of rotatable bonds is 6. The third-order valence-corrected chi connectivity index (χ3v) is 4.98. The molecule has 0 aliphatic carbocycles. The van der Waals surface area contributed by atoms with Crippen molar-refractivity contribution in [3.8, 4) is 0 Å². The number of hydrogen-bond donors (Lipinski definition) is 3. The molecule has 2 aromatic carbocycles. The normalized spacial score (nSPS) is 16.0. The summed E-state index contributed by atoms with van der Waals surface area (Å²) in [6.07, 6.45) is -0.0911. The number of carbonyl (C=O) groups is 3. The smallest absolute Gasteiger partial charge is 0.282 e. The molecule has 3 rings (SSSR count). The van der Waals surface area contributed by atoms with E-state index in [1.54, 1.807) is 0 Å². The van der Waals surface area contributed by atoms with Crippen molar-refractivity contribution in [1.82, 2.24) is 10.7 Å². The van der Waals surface area contributed by atoms with Gasteiger partial charge in [-0.05, 0) is 29.8 Å². The summed E-state index contributed by atoms with van der Waals surface area (Å²) in [6.45, 7) is 0.352. The first-order chi connectivity index (χ1) is 13.5. The van der Waals surface area contributed by atoms with E-state index in [9.17, 15) is 18.8 Å². The van der Waals surface area contributed by atoms with Crippen molar-refractivity contribution >= 4 is 40.2 Å². The maximum atomic E-state index is 12.9. The lowest BCUT2D eigenvalue weighted by Gasteiger charge is -2.20. The van der Waals surface area contributed by atoms with Crippen LogP contribution in [0, 0.1) is 5.82 Å². The molecule has 2 aromatic rings. The van der Waals surface area contributed by atoms with Crippen molar-refractivity contribution in [1.29, 1.82) is 0 Å². The summed E-state index contributed by atoms with van der Waals surface area (Å²) in [6, 6.07) is 14.6. The third kappa shape index (κ3) is 5.40. The molecule has 1 aliphatic rings. The van der Waals surface area contributed by atoms with Crippen LogP contribution >= 0.6 is 11.8 Å². The molecule has 28 heavy (non-hydrogen) atoms. The van der Waals surface area contributed by atoms with Crippen LogP contribution in [0.3, 0.4) is 0 Å². The summed E-state index contributed by atoms with van der Waals surface area (Å²) in [4.78, 5) is 36.4. The number of nitrogens with one attached hydrogen (secondary N) is 3. The highest BCUT2D eigenvalue weighted by Crippen LogP contribution is 2.22. The Kier molecular flexibility index (Phi) is 6.38. The van der Waals surface area contributed by atoms with Crippen LogP contribution in [-0.4, -0.2) is 28.0 Å². The van der Waals surface area contributed by atoms with Crippen molar-refractivity contribution in [2.75, 3.05) is 5.32 Å². The highest BCUT2D eigenvalue weighted by Gasteiger charge is 2.31. The fraction of sp³-hybridized carbons (Fsp3) is 0.158. The van der Waals surface area contributed by atoms with Crippen LogP contribution in [0.5, 0.6) is 0 Å². The average Bonchev–Trinajstić information content (AvgIpc) is 2.70. The number of benzene rings is 2. The molecule has 0 spiro atoms. The fourth-order valence-corrected chi connectivity index (χ4v) is 3.31. The summed E-state index contributed by atoms with van der Waals surface area (Å²) >= 11 is 0.911. The lowest BCUT2D eigenvalue weighted by Crippen LogP contribution is -2.41. The summed E-state index contributed by atoms with van der Waals surface area (Å²) < 4.78 is 12.9. The van der Waals surface area contributed by atoms with Gasteiger partial charge in [0, 0.05) is 18.7 Å². The van der Waals surface area contributed by atoms with Gasteiger partial charge in [0.15, 0.2) is 5.04 Å². The second-order valence-electron chi connectivity index (χ2n) is 5.93. The fourth-order valence-electron chi connectivity index (χ4n) is 2.39. The van der Waals surface area contributed by atoms with Crippen molar-refractivity contribution < 1.29 is 18.8 Å². The van der Waals surface area contributed by atoms with Gasteiger partial charge in [-0.15, -0.1) is 0 Å². The number of nitrogens with zero attached hydrogens (tertiary/aromatic N) is 1. The van der Waals surface area contributed by atoms with Crippen LogP contribution in [0.4, 0.5) is 10.1 Å². The lowest BCUT2D eigenvalue weighted by atomic mass is 10.2. The monoisotopic (exact) mass is 400 g/mol. The molecule has 0 fully saturated rings. The zero-order valence-electron chi connectivity index (χ0n) is 14.6. The molecule has 0 saturated heterocycles. The Bertz CT molecular complexity index is 903. The molecule has 1 heterocycles. The molecule has 1 aliphatic heterocycles. The van der Waals surface area contributed by atoms with Gasteiger partial charge in [0.2, 0.25) is 5.91 Å². The Labute approximate surface area is 164 Å². The van der Waals surface area contributed by atoms with Gasteiger partial charge < -0.3 is 10.6 Å². The lowest BCUT2D eigenvalue weighted by molar-refractivity contribution is -0.126. The van der Waals surface area contributed by atoms with Crippen LogP contribution in [-0.2, 0) is 20.9 Å². The molecular weight excluding hydrogens is 383 g/mol. The number of hydrazone groups is 1. The van der Waals surface area contributed by atoms with E-state index in [1.807, 2.05) is 30.3 Å². The Morgan fingerprint density at radius 1 is 1.11 bits per heavy atom. The second-order valence-corrected chi connectivity index (χ2v) is 7.12. The highest BCUT2D eigenvalue weighted by atomic mass is 32.2. The number of carbonyl (C=O) groups excluding carboxylic acids is 3. The van der Waals surface area contributed by atoms with E-state index < -0.39 is 22.9 Å². The predicted molar refractivity (Wildman–Crippen MR) is 105 cm³/mol. The van der Waals surface area contributed by atoms with Crippen LogP contribution < -0.4 is 16.1 Å². The molecule has 1 atom stereocenters. The minimum Gasteiger partial charge on any atom is -0.352 e. The molecule has 1 unspecified atom stereocenters. The van der Waals surface area contributed by atoms with Gasteiger partial charge >= 0.3 is 0 Å². The third-order valence-electron chi connectivity index (χ3n) is 3.81. The van der Waals surface area contributed by atoms with E-state index in [0.29, 0.717) is 12.2 Å². The standard InChI is InChI=1S/C19H17FN4O3S/c20-13-6-8-14(9-7-13)22-18(27)19-24-23-17(26)15(28-19)10-16(25)21-11-12-4-2-1-3-5-12/h1-9,15H,10-11H2,(H,21,25)(H,22,27)(H,23,26). The van der Waals surface area contributed by atoms with E-state index in [1.165, 1.54) is 24.3 Å². The largest absolute Gasteiger partial charge is 0.352 e. The molecule has 0 aromatic heterocycles. The molecule has 9 heteroatoms. The van der Waals surface area contributed by atoms with Crippen molar-refractivity contribution in [2.45, 2.75) is 18.2 Å².